The number of hydrogen-bond donors (Lipinski definition) is 1. The van der Waals surface area contributed by atoms with Crippen molar-refractivity contribution in [1.82, 2.24) is 9.80 Å². The highest BCUT2D eigenvalue weighted by molar-refractivity contribution is 5.68. The van der Waals surface area contributed by atoms with Crippen LogP contribution in [0.4, 0.5) is 4.79 Å². The summed E-state index contributed by atoms with van der Waals surface area (Å²) in [4.78, 5) is 16.2. The Morgan fingerprint density at radius 2 is 2.00 bits per heavy atom. The van der Waals surface area contributed by atoms with Gasteiger partial charge in [0, 0.05) is 38.3 Å². The summed E-state index contributed by atoms with van der Waals surface area (Å²) in [6, 6.07) is 10.5. The fraction of sp³-hybridized carbons (Fsp3) is 0.533. The molecule has 1 aromatic rings. The molecule has 2 aliphatic heterocycles. The summed E-state index contributed by atoms with van der Waals surface area (Å²) in [5.74, 6) is 0. The minimum Gasteiger partial charge on any atom is -0.445 e. The van der Waals surface area contributed by atoms with Gasteiger partial charge in [-0.3, -0.25) is 4.90 Å². The van der Waals surface area contributed by atoms with Gasteiger partial charge in [0.15, 0.2) is 0 Å². The smallest absolute Gasteiger partial charge is 0.410 e. The number of carbonyl (C=O) groups is 1. The van der Waals surface area contributed by atoms with Gasteiger partial charge in [-0.1, -0.05) is 30.3 Å². The van der Waals surface area contributed by atoms with E-state index in [0.29, 0.717) is 18.7 Å². The molecule has 5 nitrogen and oxygen atoms in total. The van der Waals surface area contributed by atoms with E-state index in [1.165, 1.54) is 0 Å². The molecule has 1 aromatic carbocycles. The van der Waals surface area contributed by atoms with Gasteiger partial charge in [0.05, 0.1) is 0 Å². The first kappa shape index (κ1) is 13.4. The maximum absolute atomic E-state index is 12.0. The van der Waals surface area contributed by atoms with E-state index in [1.807, 2.05) is 30.3 Å². The van der Waals surface area contributed by atoms with Crippen LogP contribution in [0.1, 0.15) is 12.0 Å². The second-order valence-electron chi connectivity index (χ2n) is 5.64. The molecule has 20 heavy (non-hydrogen) atoms. The Hall–Kier alpha value is -1.59. The minimum atomic E-state index is -0.207. The number of nitrogens with two attached hydrogens (primary N) is 1. The number of nitrogens with zero attached hydrogens (tertiary/aromatic N) is 2. The maximum atomic E-state index is 12.0. The summed E-state index contributed by atoms with van der Waals surface area (Å²) in [6.45, 7) is 3.80. The topological polar surface area (TPSA) is 58.8 Å². The Labute approximate surface area is 119 Å². The third-order valence-electron chi connectivity index (χ3n) is 4.08. The van der Waals surface area contributed by atoms with Crippen LogP contribution in [-0.2, 0) is 11.3 Å². The second kappa shape index (κ2) is 5.81. The van der Waals surface area contributed by atoms with Crippen molar-refractivity contribution in [2.45, 2.75) is 25.1 Å². The molecule has 1 atom stereocenters. The van der Waals surface area contributed by atoms with Gasteiger partial charge in [0.1, 0.15) is 6.61 Å². The Bertz CT molecular complexity index is 459. The van der Waals surface area contributed by atoms with Gasteiger partial charge in [-0.15, -0.1) is 0 Å². The summed E-state index contributed by atoms with van der Waals surface area (Å²) in [6.07, 6.45) is 0.814. The largest absolute Gasteiger partial charge is 0.445 e. The van der Waals surface area contributed by atoms with Crippen LogP contribution < -0.4 is 5.73 Å². The van der Waals surface area contributed by atoms with Crippen LogP contribution in [0.3, 0.4) is 0 Å². The number of rotatable bonds is 3. The number of carbonyl (C=O) groups excluding carboxylic acids is 1. The van der Waals surface area contributed by atoms with Crippen LogP contribution in [0.2, 0.25) is 0 Å². The molecule has 2 N–H and O–H groups in total. The molecule has 0 bridgehead atoms. The molecule has 1 amide bonds. The van der Waals surface area contributed by atoms with Crippen molar-refractivity contribution in [2.24, 2.45) is 5.73 Å². The molecule has 108 valence electrons. The van der Waals surface area contributed by atoms with E-state index in [-0.39, 0.29) is 6.09 Å². The molecular weight excluding hydrogens is 254 g/mol. The van der Waals surface area contributed by atoms with E-state index >= 15 is 0 Å². The number of amides is 1. The highest BCUT2D eigenvalue weighted by atomic mass is 16.6. The van der Waals surface area contributed by atoms with E-state index in [9.17, 15) is 4.79 Å². The molecule has 0 aromatic heterocycles. The Morgan fingerprint density at radius 3 is 2.70 bits per heavy atom. The Kier molecular flexibility index (Phi) is 3.89. The molecule has 3 rings (SSSR count). The maximum Gasteiger partial charge on any atom is 0.410 e. The summed E-state index contributed by atoms with van der Waals surface area (Å²) >= 11 is 0. The van der Waals surface area contributed by atoms with Crippen molar-refractivity contribution < 1.29 is 9.53 Å². The average molecular weight is 275 g/mol. The standard InChI is InChI=1S/C15H21N3O2/c16-13-8-18(9-13)14-6-7-17(10-14)15(19)20-11-12-4-2-1-3-5-12/h1-5,13-14H,6-11,16H2/t14-/m0/s1. The van der Waals surface area contributed by atoms with E-state index in [2.05, 4.69) is 4.90 Å². The molecule has 0 saturated carbocycles. The van der Waals surface area contributed by atoms with Crippen molar-refractivity contribution in [3.8, 4) is 0 Å². The second-order valence-corrected chi connectivity index (χ2v) is 5.64. The third kappa shape index (κ3) is 2.94. The van der Waals surface area contributed by atoms with Gasteiger partial charge < -0.3 is 15.4 Å². The van der Waals surface area contributed by atoms with Crippen LogP contribution in [0.25, 0.3) is 0 Å². The number of hydrogen-bond acceptors (Lipinski definition) is 4. The molecule has 2 saturated heterocycles. The van der Waals surface area contributed by atoms with Crippen LogP contribution in [0, 0.1) is 0 Å². The first-order valence-corrected chi connectivity index (χ1v) is 7.17. The highest BCUT2D eigenvalue weighted by Gasteiger charge is 2.36. The number of likely N-dealkylation sites (tertiary alicyclic amines) is 2. The predicted molar refractivity (Wildman–Crippen MR) is 76.2 cm³/mol. The van der Waals surface area contributed by atoms with Gasteiger partial charge in [0.25, 0.3) is 0 Å². The highest BCUT2D eigenvalue weighted by Crippen LogP contribution is 2.21. The molecular formula is C15H21N3O2. The Balaban J connectivity index is 1.44. The average Bonchev–Trinajstić information content (AvgIpc) is 2.92. The first-order valence-electron chi connectivity index (χ1n) is 7.17. The number of benzene rings is 1. The summed E-state index contributed by atoms with van der Waals surface area (Å²) < 4.78 is 5.36. The lowest BCUT2D eigenvalue weighted by Gasteiger charge is -2.41. The third-order valence-corrected chi connectivity index (χ3v) is 4.08. The number of ether oxygens (including phenoxy) is 1. The van der Waals surface area contributed by atoms with E-state index in [0.717, 1.165) is 38.2 Å². The molecule has 2 fully saturated rings. The van der Waals surface area contributed by atoms with Crippen molar-refractivity contribution in [3.05, 3.63) is 35.9 Å². The zero-order chi connectivity index (χ0) is 13.9. The van der Waals surface area contributed by atoms with Gasteiger partial charge in [-0.2, -0.15) is 0 Å². The fourth-order valence-corrected chi connectivity index (χ4v) is 2.86. The normalized spacial score (nSPS) is 23.6. The van der Waals surface area contributed by atoms with E-state index in [4.69, 9.17) is 10.5 Å². The van der Waals surface area contributed by atoms with Crippen LogP contribution in [0.5, 0.6) is 0 Å². The Morgan fingerprint density at radius 1 is 1.25 bits per heavy atom. The first-order chi connectivity index (χ1) is 9.72. The summed E-state index contributed by atoms with van der Waals surface area (Å²) in [7, 11) is 0. The summed E-state index contributed by atoms with van der Waals surface area (Å²) in [5.41, 5.74) is 6.81. The van der Waals surface area contributed by atoms with Crippen LogP contribution >= 0.6 is 0 Å². The van der Waals surface area contributed by atoms with Gasteiger partial charge in [-0.05, 0) is 12.0 Å². The predicted octanol–water partition coefficient (Wildman–Crippen LogP) is 1.04. The van der Waals surface area contributed by atoms with Crippen LogP contribution in [-0.4, -0.2) is 54.2 Å². The lowest BCUT2D eigenvalue weighted by atomic mass is 10.1. The van der Waals surface area contributed by atoms with Crippen molar-refractivity contribution in [3.63, 3.8) is 0 Å². The van der Waals surface area contributed by atoms with Gasteiger partial charge in [0.2, 0.25) is 0 Å². The molecule has 2 aliphatic rings. The SMILES string of the molecule is NC1CN([C@H]2CCN(C(=O)OCc3ccccc3)C2)C1. The molecule has 2 heterocycles. The fourth-order valence-electron chi connectivity index (χ4n) is 2.86. The van der Waals surface area contributed by atoms with Gasteiger partial charge in [-0.25, -0.2) is 4.79 Å². The van der Waals surface area contributed by atoms with E-state index in [1.54, 1.807) is 4.90 Å². The quantitative estimate of drug-likeness (QED) is 0.895. The molecule has 0 radical (unpaired) electrons. The minimum absolute atomic E-state index is 0.207. The van der Waals surface area contributed by atoms with Crippen molar-refractivity contribution in [1.29, 1.82) is 0 Å². The monoisotopic (exact) mass is 275 g/mol. The zero-order valence-electron chi connectivity index (χ0n) is 11.6. The summed E-state index contributed by atoms with van der Waals surface area (Å²) in [5, 5.41) is 0. The van der Waals surface area contributed by atoms with E-state index < -0.39 is 0 Å². The molecule has 0 spiro atoms. The molecule has 0 aliphatic carbocycles. The molecule has 5 heteroatoms. The van der Waals surface area contributed by atoms with Crippen molar-refractivity contribution >= 4 is 6.09 Å². The van der Waals surface area contributed by atoms with Crippen molar-refractivity contribution in [2.75, 3.05) is 26.2 Å². The molecule has 0 unspecified atom stereocenters. The zero-order valence-corrected chi connectivity index (χ0v) is 11.6. The van der Waals surface area contributed by atoms with Gasteiger partial charge >= 0.3 is 6.09 Å². The lowest BCUT2D eigenvalue weighted by molar-refractivity contribution is 0.0831. The van der Waals surface area contributed by atoms with Crippen LogP contribution in [0.15, 0.2) is 30.3 Å². The lowest BCUT2D eigenvalue weighted by Crippen LogP contribution is -2.59.